The van der Waals surface area contributed by atoms with Crippen LogP contribution < -0.4 is 10.1 Å². The molecule has 1 aromatic heterocycles. The Bertz CT molecular complexity index is 787. The molecule has 0 saturated carbocycles. The van der Waals surface area contributed by atoms with Gasteiger partial charge in [-0.05, 0) is 37.0 Å². The molecule has 0 aliphatic heterocycles. The number of carbonyl (C=O) groups excluding carboxylic acids is 2. The summed E-state index contributed by atoms with van der Waals surface area (Å²) in [6.07, 6.45) is 2.69. The first-order valence-corrected chi connectivity index (χ1v) is 8.32. The van der Waals surface area contributed by atoms with E-state index in [1.54, 1.807) is 6.07 Å². The average Bonchev–Trinajstić information content (AvgIpc) is 3.14. The average molecular weight is 349 g/mol. The molecule has 1 aliphatic rings. The number of carbonyl (C=O) groups is 2. The van der Waals surface area contributed by atoms with E-state index < -0.39 is 17.7 Å². The van der Waals surface area contributed by atoms with Crippen LogP contribution in [0.1, 0.15) is 27.2 Å². The van der Waals surface area contributed by atoms with Gasteiger partial charge < -0.3 is 14.8 Å². The number of thiophene rings is 1. The zero-order valence-electron chi connectivity index (χ0n) is 13.1. The van der Waals surface area contributed by atoms with Gasteiger partial charge in [-0.1, -0.05) is 12.1 Å². The smallest absolute Gasteiger partial charge is 0.341 e. The first kappa shape index (κ1) is 16.4. The zero-order valence-corrected chi connectivity index (χ0v) is 13.9. The quantitative estimate of drug-likeness (QED) is 0.842. The van der Waals surface area contributed by atoms with Crippen LogP contribution in [0.5, 0.6) is 5.75 Å². The molecule has 1 aliphatic carbocycles. The van der Waals surface area contributed by atoms with Crippen LogP contribution in [0.15, 0.2) is 24.3 Å². The molecule has 24 heavy (non-hydrogen) atoms. The van der Waals surface area contributed by atoms with Crippen molar-refractivity contribution in [1.29, 1.82) is 0 Å². The molecule has 1 amide bonds. The lowest BCUT2D eigenvalue weighted by atomic mass is 10.1. The van der Waals surface area contributed by atoms with Gasteiger partial charge in [0, 0.05) is 4.88 Å². The Morgan fingerprint density at radius 3 is 2.83 bits per heavy atom. The highest BCUT2D eigenvalue weighted by atomic mass is 32.1. The van der Waals surface area contributed by atoms with Crippen molar-refractivity contribution in [3.05, 3.63) is 46.1 Å². The normalized spacial score (nSPS) is 12.6. The van der Waals surface area contributed by atoms with Crippen LogP contribution >= 0.6 is 11.3 Å². The van der Waals surface area contributed by atoms with Gasteiger partial charge in [-0.25, -0.2) is 9.18 Å². The number of methoxy groups -OCH3 is 1. The summed E-state index contributed by atoms with van der Waals surface area (Å²) >= 11 is 1.38. The molecule has 0 radical (unpaired) electrons. The van der Waals surface area contributed by atoms with E-state index >= 15 is 0 Å². The van der Waals surface area contributed by atoms with E-state index in [1.807, 2.05) is 0 Å². The SMILES string of the molecule is COC(=O)c1c(NC(=O)COc2ccccc2F)sc2c1CCC2. The van der Waals surface area contributed by atoms with E-state index in [2.05, 4.69) is 5.32 Å². The summed E-state index contributed by atoms with van der Waals surface area (Å²) in [5, 5.41) is 3.14. The van der Waals surface area contributed by atoms with Crippen molar-refractivity contribution in [2.75, 3.05) is 19.0 Å². The molecule has 1 N–H and O–H groups in total. The Labute approximate surface area is 142 Å². The number of benzene rings is 1. The van der Waals surface area contributed by atoms with Gasteiger partial charge in [0.25, 0.3) is 5.91 Å². The van der Waals surface area contributed by atoms with Crippen molar-refractivity contribution >= 4 is 28.2 Å². The van der Waals surface area contributed by atoms with Crippen LogP contribution in [0.3, 0.4) is 0 Å². The lowest BCUT2D eigenvalue weighted by Crippen LogP contribution is -2.21. The van der Waals surface area contributed by atoms with Crippen LogP contribution in [-0.4, -0.2) is 25.6 Å². The van der Waals surface area contributed by atoms with Crippen molar-refractivity contribution in [2.24, 2.45) is 0 Å². The van der Waals surface area contributed by atoms with Crippen molar-refractivity contribution in [1.82, 2.24) is 0 Å². The Morgan fingerprint density at radius 2 is 2.08 bits per heavy atom. The molecule has 126 valence electrons. The first-order valence-electron chi connectivity index (χ1n) is 7.50. The number of halogens is 1. The summed E-state index contributed by atoms with van der Waals surface area (Å²) in [5.74, 6) is -1.44. The number of nitrogens with one attached hydrogen (secondary N) is 1. The first-order chi connectivity index (χ1) is 11.6. The van der Waals surface area contributed by atoms with E-state index in [9.17, 15) is 14.0 Å². The van der Waals surface area contributed by atoms with Gasteiger partial charge in [0.15, 0.2) is 18.2 Å². The second-order valence-electron chi connectivity index (χ2n) is 5.32. The summed E-state index contributed by atoms with van der Waals surface area (Å²) < 4.78 is 23.5. The summed E-state index contributed by atoms with van der Waals surface area (Å²) in [5.41, 5.74) is 1.38. The number of hydrogen-bond acceptors (Lipinski definition) is 5. The number of amides is 1. The fraction of sp³-hybridized carbons (Fsp3) is 0.294. The Kier molecular flexibility index (Phi) is 4.80. The molecule has 5 nitrogen and oxygen atoms in total. The standard InChI is InChI=1S/C17H16FNO4S/c1-22-17(21)15-10-5-4-8-13(10)24-16(15)19-14(20)9-23-12-7-3-2-6-11(12)18/h2-3,6-7H,4-5,8-9H2,1H3,(H,19,20). The third-order valence-electron chi connectivity index (χ3n) is 3.76. The Hall–Kier alpha value is -2.41. The second kappa shape index (κ2) is 7.00. The van der Waals surface area contributed by atoms with Crippen molar-refractivity contribution in [2.45, 2.75) is 19.3 Å². The number of rotatable bonds is 5. The Morgan fingerprint density at radius 1 is 1.29 bits per heavy atom. The lowest BCUT2D eigenvalue weighted by molar-refractivity contribution is -0.118. The molecular formula is C17H16FNO4S. The number of anilines is 1. The molecule has 2 aromatic rings. The molecule has 0 unspecified atom stereocenters. The maximum absolute atomic E-state index is 13.5. The van der Waals surface area contributed by atoms with E-state index in [4.69, 9.17) is 9.47 Å². The van der Waals surface area contributed by atoms with E-state index in [0.717, 1.165) is 29.7 Å². The van der Waals surface area contributed by atoms with Crippen molar-refractivity contribution in [3.8, 4) is 5.75 Å². The van der Waals surface area contributed by atoms with Gasteiger partial charge >= 0.3 is 5.97 Å². The highest BCUT2D eigenvalue weighted by Crippen LogP contribution is 2.39. The number of aryl methyl sites for hydroxylation is 1. The molecule has 0 saturated heterocycles. The van der Waals surface area contributed by atoms with Crippen LogP contribution in [0.4, 0.5) is 9.39 Å². The summed E-state index contributed by atoms with van der Waals surface area (Å²) in [6, 6.07) is 5.86. The molecule has 0 atom stereocenters. The number of para-hydroxylation sites is 1. The highest BCUT2D eigenvalue weighted by Gasteiger charge is 2.28. The lowest BCUT2D eigenvalue weighted by Gasteiger charge is -2.09. The number of fused-ring (bicyclic) bond motifs is 1. The van der Waals surface area contributed by atoms with Gasteiger partial charge in [0.2, 0.25) is 0 Å². The van der Waals surface area contributed by atoms with Gasteiger partial charge in [0.1, 0.15) is 5.00 Å². The van der Waals surface area contributed by atoms with Gasteiger partial charge in [-0.2, -0.15) is 0 Å². The van der Waals surface area contributed by atoms with Crippen LogP contribution in [0.2, 0.25) is 0 Å². The number of ether oxygens (including phenoxy) is 2. The molecule has 1 heterocycles. The molecular weight excluding hydrogens is 333 g/mol. The van der Waals surface area contributed by atoms with E-state index in [1.165, 1.54) is 36.6 Å². The van der Waals surface area contributed by atoms with Crippen molar-refractivity contribution < 1.29 is 23.5 Å². The monoisotopic (exact) mass is 349 g/mol. The molecule has 3 rings (SSSR count). The molecule has 1 aromatic carbocycles. The molecule has 0 fully saturated rings. The van der Waals surface area contributed by atoms with Gasteiger partial charge in [-0.3, -0.25) is 4.79 Å². The van der Waals surface area contributed by atoms with Gasteiger partial charge in [-0.15, -0.1) is 11.3 Å². The predicted molar refractivity (Wildman–Crippen MR) is 88.2 cm³/mol. The third-order valence-corrected chi connectivity index (χ3v) is 4.97. The maximum Gasteiger partial charge on any atom is 0.341 e. The van der Waals surface area contributed by atoms with Crippen LogP contribution in [-0.2, 0) is 22.4 Å². The molecule has 7 heteroatoms. The van der Waals surface area contributed by atoms with E-state index in [-0.39, 0.29) is 12.4 Å². The summed E-state index contributed by atoms with van der Waals surface area (Å²) in [7, 11) is 1.31. The summed E-state index contributed by atoms with van der Waals surface area (Å²) in [6.45, 7) is -0.343. The number of esters is 1. The molecule has 0 bridgehead atoms. The topological polar surface area (TPSA) is 64.6 Å². The second-order valence-corrected chi connectivity index (χ2v) is 6.43. The highest BCUT2D eigenvalue weighted by molar-refractivity contribution is 7.17. The minimum atomic E-state index is -0.532. The fourth-order valence-electron chi connectivity index (χ4n) is 2.68. The number of hydrogen-bond donors (Lipinski definition) is 1. The molecule has 0 spiro atoms. The minimum Gasteiger partial charge on any atom is -0.481 e. The largest absolute Gasteiger partial charge is 0.481 e. The van der Waals surface area contributed by atoms with Crippen LogP contribution in [0, 0.1) is 5.82 Å². The predicted octanol–water partition coefficient (Wildman–Crippen LogP) is 3.18. The van der Waals surface area contributed by atoms with E-state index in [0.29, 0.717) is 10.6 Å². The van der Waals surface area contributed by atoms with Crippen molar-refractivity contribution in [3.63, 3.8) is 0 Å². The fourth-order valence-corrected chi connectivity index (χ4v) is 3.97. The summed E-state index contributed by atoms with van der Waals surface area (Å²) in [4.78, 5) is 25.2. The Balaban J connectivity index is 1.71. The van der Waals surface area contributed by atoms with Gasteiger partial charge in [0.05, 0.1) is 12.7 Å². The van der Waals surface area contributed by atoms with Crippen LogP contribution in [0.25, 0.3) is 0 Å². The zero-order chi connectivity index (χ0) is 17.1. The minimum absolute atomic E-state index is 0.00881. The maximum atomic E-state index is 13.5. The third kappa shape index (κ3) is 3.26.